The first-order valence-electron chi connectivity index (χ1n) is 6.42. The Bertz CT molecular complexity index is 508. The van der Waals surface area contributed by atoms with Crippen LogP contribution >= 0.6 is 0 Å². The van der Waals surface area contributed by atoms with E-state index in [2.05, 4.69) is 55.5 Å². The van der Waals surface area contributed by atoms with Gasteiger partial charge in [0.05, 0.1) is 11.7 Å². The lowest BCUT2D eigenvalue weighted by Gasteiger charge is -2.22. The standard InChI is InChI=1S/C15H21N3/c1-5-16-15(13-9-10-17-18(13)4)14-11(2)7-6-8-12(14)3/h6-10,15-16H,5H2,1-4H3. The lowest BCUT2D eigenvalue weighted by atomic mass is 9.94. The predicted octanol–water partition coefficient (Wildman–Crippen LogP) is 2.74. The summed E-state index contributed by atoms with van der Waals surface area (Å²) in [5.74, 6) is 0. The van der Waals surface area contributed by atoms with E-state index in [1.54, 1.807) is 0 Å². The third kappa shape index (κ3) is 2.31. The third-order valence-corrected chi connectivity index (χ3v) is 3.39. The van der Waals surface area contributed by atoms with Crippen molar-refractivity contribution in [3.8, 4) is 0 Å². The number of rotatable bonds is 4. The van der Waals surface area contributed by atoms with E-state index in [0.717, 1.165) is 6.54 Å². The van der Waals surface area contributed by atoms with E-state index in [-0.39, 0.29) is 6.04 Å². The van der Waals surface area contributed by atoms with Crippen molar-refractivity contribution < 1.29 is 0 Å². The Kier molecular flexibility index (Phi) is 3.82. The molecule has 0 radical (unpaired) electrons. The van der Waals surface area contributed by atoms with E-state index in [1.807, 2.05) is 17.9 Å². The van der Waals surface area contributed by atoms with Crippen molar-refractivity contribution in [3.05, 3.63) is 52.8 Å². The van der Waals surface area contributed by atoms with E-state index in [1.165, 1.54) is 22.4 Å². The summed E-state index contributed by atoms with van der Waals surface area (Å²) in [5.41, 5.74) is 5.21. The Morgan fingerprint density at radius 3 is 2.39 bits per heavy atom. The van der Waals surface area contributed by atoms with Gasteiger partial charge in [-0.3, -0.25) is 4.68 Å². The zero-order chi connectivity index (χ0) is 13.1. The smallest absolute Gasteiger partial charge is 0.0753 e. The van der Waals surface area contributed by atoms with Crippen LogP contribution in [0, 0.1) is 13.8 Å². The summed E-state index contributed by atoms with van der Waals surface area (Å²) in [6.07, 6.45) is 1.85. The molecule has 18 heavy (non-hydrogen) atoms. The van der Waals surface area contributed by atoms with Crippen molar-refractivity contribution >= 4 is 0 Å². The Morgan fingerprint density at radius 2 is 1.89 bits per heavy atom. The topological polar surface area (TPSA) is 29.9 Å². The molecule has 0 saturated heterocycles. The maximum absolute atomic E-state index is 4.28. The summed E-state index contributed by atoms with van der Waals surface area (Å²) in [7, 11) is 1.99. The molecule has 1 unspecified atom stereocenters. The molecule has 0 aliphatic rings. The van der Waals surface area contributed by atoms with Crippen LogP contribution in [0.5, 0.6) is 0 Å². The zero-order valence-corrected chi connectivity index (χ0v) is 11.6. The average Bonchev–Trinajstić information content (AvgIpc) is 2.74. The van der Waals surface area contributed by atoms with Gasteiger partial charge in [0.2, 0.25) is 0 Å². The van der Waals surface area contributed by atoms with Gasteiger partial charge in [0.1, 0.15) is 0 Å². The highest BCUT2D eigenvalue weighted by Gasteiger charge is 2.19. The molecule has 0 amide bonds. The Labute approximate surface area is 109 Å². The number of benzene rings is 1. The molecule has 2 aromatic rings. The van der Waals surface area contributed by atoms with Crippen molar-refractivity contribution in [1.29, 1.82) is 0 Å². The van der Waals surface area contributed by atoms with Gasteiger partial charge in [0, 0.05) is 13.2 Å². The summed E-state index contributed by atoms with van der Waals surface area (Å²) in [5, 5.41) is 7.84. The summed E-state index contributed by atoms with van der Waals surface area (Å²) in [4.78, 5) is 0. The van der Waals surface area contributed by atoms with Gasteiger partial charge in [-0.15, -0.1) is 0 Å². The zero-order valence-electron chi connectivity index (χ0n) is 11.6. The second-order valence-electron chi connectivity index (χ2n) is 4.68. The van der Waals surface area contributed by atoms with Gasteiger partial charge in [0.15, 0.2) is 0 Å². The summed E-state index contributed by atoms with van der Waals surface area (Å²) in [6.45, 7) is 7.41. The lowest BCUT2D eigenvalue weighted by Crippen LogP contribution is -2.25. The molecule has 1 aromatic heterocycles. The van der Waals surface area contributed by atoms with Gasteiger partial charge in [-0.05, 0) is 43.1 Å². The van der Waals surface area contributed by atoms with Crippen LogP contribution in [-0.2, 0) is 7.05 Å². The van der Waals surface area contributed by atoms with Gasteiger partial charge in [-0.25, -0.2) is 0 Å². The first-order chi connectivity index (χ1) is 8.65. The molecule has 96 valence electrons. The minimum atomic E-state index is 0.212. The highest BCUT2D eigenvalue weighted by Crippen LogP contribution is 2.27. The SMILES string of the molecule is CCNC(c1c(C)cccc1C)c1ccnn1C. The maximum atomic E-state index is 4.28. The predicted molar refractivity (Wildman–Crippen MR) is 74.6 cm³/mol. The largest absolute Gasteiger partial charge is 0.305 e. The van der Waals surface area contributed by atoms with Crippen LogP contribution < -0.4 is 5.32 Å². The Hall–Kier alpha value is -1.61. The monoisotopic (exact) mass is 243 g/mol. The maximum Gasteiger partial charge on any atom is 0.0753 e. The molecular formula is C15H21N3. The molecule has 3 nitrogen and oxygen atoms in total. The fraction of sp³-hybridized carbons (Fsp3) is 0.400. The van der Waals surface area contributed by atoms with E-state index in [9.17, 15) is 0 Å². The van der Waals surface area contributed by atoms with Gasteiger partial charge < -0.3 is 5.32 Å². The molecule has 0 fully saturated rings. The second-order valence-corrected chi connectivity index (χ2v) is 4.68. The fourth-order valence-corrected chi connectivity index (χ4v) is 2.51. The van der Waals surface area contributed by atoms with Crippen molar-refractivity contribution in [3.63, 3.8) is 0 Å². The molecule has 0 spiro atoms. The van der Waals surface area contributed by atoms with Crippen LogP contribution in [0.25, 0.3) is 0 Å². The number of nitrogens with one attached hydrogen (secondary N) is 1. The first-order valence-corrected chi connectivity index (χ1v) is 6.42. The molecule has 0 bridgehead atoms. The number of hydrogen-bond donors (Lipinski definition) is 1. The van der Waals surface area contributed by atoms with Gasteiger partial charge in [-0.2, -0.15) is 5.10 Å². The number of aromatic nitrogens is 2. The fourth-order valence-electron chi connectivity index (χ4n) is 2.51. The quantitative estimate of drug-likeness (QED) is 0.895. The highest BCUT2D eigenvalue weighted by molar-refractivity contribution is 5.40. The molecule has 0 saturated carbocycles. The molecule has 1 heterocycles. The van der Waals surface area contributed by atoms with Crippen LogP contribution in [0.15, 0.2) is 30.5 Å². The van der Waals surface area contributed by atoms with E-state index in [0.29, 0.717) is 0 Å². The average molecular weight is 243 g/mol. The van der Waals surface area contributed by atoms with Crippen molar-refractivity contribution in [1.82, 2.24) is 15.1 Å². The number of hydrogen-bond acceptors (Lipinski definition) is 2. The Morgan fingerprint density at radius 1 is 1.22 bits per heavy atom. The second kappa shape index (κ2) is 5.36. The molecule has 0 aliphatic heterocycles. The molecule has 2 rings (SSSR count). The summed E-state index contributed by atoms with van der Waals surface area (Å²) in [6, 6.07) is 8.75. The third-order valence-electron chi connectivity index (χ3n) is 3.39. The first kappa shape index (κ1) is 12.8. The molecule has 1 N–H and O–H groups in total. The molecule has 1 aromatic carbocycles. The van der Waals surface area contributed by atoms with Gasteiger partial charge in [-0.1, -0.05) is 25.1 Å². The van der Waals surface area contributed by atoms with E-state index in [4.69, 9.17) is 0 Å². The normalized spacial score (nSPS) is 12.7. The van der Waals surface area contributed by atoms with Crippen LogP contribution in [0.2, 0.25) is 0 Å². The van der Waals surface area contributed by atoms with Gasteiger partial charge >= 0.3 is 0 Å². The van der Waals surface area contributed by atoms with Crippen molar-refractivity contribution in [2.24, 2.45) is 7.05 Å². The summed E-state index contributed by atoms with van der Waals surface area (Å²) < 4.78 is 1.94. The van der Waals surface area contributed by atoms with Crippen molar-refractivity contribution in [2.45, 2.75) is 26.8 Å². The molecule has 0 aliphatic carbocycles. The van der Waals surface area contributed by atoms with Crippen LogP contribution in [0.1, 0.15) is 35.3 Å². The highest BCUT2D eigenvalue weighted by atomic mass is 15.3. The summed E-state index contributed by atoms with van der Waals surface area (Å²) >= 11 is 0. The molecule has 1 atom stereocenters. The van der Waals surface area contributed by atoms with E-state index < -0.39 is 0 Å². The minimum Gasteiger partial charge on any atom is -0.305 e. The Balaban J connectivity index is 2.52. The van der Waals surface area contributed by atoms with Crippen LogP contribution in [0.3, 0.4) is 0 Å². The number of nitrogens with zero attached hydrogens (tertiary/aromatic N) is 2. The minimum absolute atomic E-state index is 0.212. The molecule has 3 heteroatoms. The number of aryl methyl sites for hydroxylation is 3. The van der Waals surface area contributed by atoms with E-state index >= 15 is 0 Å². The van der Waals surface area contributed by atoms with Crippen LogP contribution in [-0.4, -0.2) is 16.3 Å². The van der Waals surface area contributed by atoms with Crippen LogP contribution in [0.4, 0.5) is 0 Å². The van der Waals surface area contributed by atoms with Crippen molar-refractivity contribution in [2.75, 3.05) is 6.54 Å². The molecular weight excluding hydrogens is 222 g/mol. The van der Waals surface area contributed by atoms with Gasteiger partial charge in [0.25, 0.3) is 0 Å². The lowest BCUT2D eigenvalue weighted by molar-refractivity contribution is 0.568.